The Bertz CT molecular complexity index is 499. The van der Waals surface area contributed by atoms with E-state index in [2.05, 4.69) is 26.1 Å². The molecule has 0 atom stereocenters. The molecule has 0 saturated carbocycles. The van der Waals surface area contributed by atoms with Crippen LogP contribution >= 0.6 is 15.9 Å². The maximum atomic E-state index is 9.15. The summed E-state index contributed by atoms with van der Waals surface area (Å²) < 4.78 is 0.747. The Morgan fingerprint density at radius 1 is 1.19 bits per heavy atom. The molecule has 16 heavy (non-hydrogen) atoms. The van der Waals surface area contributed by atoms with Crippen molar-refractivity contribution in [3.63, 3.8) is 0 Å². The molecule has 0 aliphatic heterocycles. The maximum absolute atomic E-state index is 9.15. The van der Waals surface area contributed by atoms with Crippen molar-refractivity contribution in [1.29, 1.82) is 0 Å². The number of anilines is 1. The monoisotopic (exact) mass is 279 g/mol. The van der Waals surface area contributed by atoms with Gasteiger partial charge < -0.3 is 10.8 Å². The Morgan fingerprint density at radius 3 is 2.50 bits per heavy atom. The zero-order chi connectivity index (χ0) is 11.5. The highest BCUT2D eigenvalue weighted by atomic mass is 79.9. The average Bonchev–Trinajstić information content (AvgIpc) is 2.27. The highest BCUT2D eigenvalue weighted by molar-refractivity contribution is 9.10. The fraction of sp³-hybridized carbons (Fsp3) is 0.0909. The molecule has 0 spiro atoms. The van der Waals surface area contributed by atoms with Crippen molar-refractivity contribution < 1.29 is 5.11 Å². The average molecular weight is 280 g/mol. The SMILES string of the molecule is Nc1nnc(Cc2ccc(O)cc2)cc1Br. The molecule has 5 heteroatoms. The standard InChI is InChI=1S/C11H10BrN3O/c12-10-6-8(14-15-11(10)13)5-7-1-3-9(16)4-2-7/h1-4,6,16H,5H2,(H2,13,15). The van der Waals surface area contributed by atoms with Crippen LogP contribution in [-0.2, 0) is 6.42 Å². The molecule has 3 N–H and O–H groups in total. The predicted octanol–water partition coefficient (Wildman–Crippen LogP) is 2.12. The first-order valence-corrected chi connectivity index (χ1v) is 5.50. The summed E-state index contributed by atoms with van der Waals surface area (Å²) in [7, 11) is 0. The Kier molecular flexibility index (Phi) is 3.05. The number of hydrogen-bond acceptors (Lipinski definition) is 4. The van der Waals surface area contributed by atoms with Crippen molar-refractivity contribution >= 4 is 21.7 Å². The number of aromatic nitrogens is 2. The van der Waals surface area contributed by atoms with Gasteiger partial charge in [0.25, 0.3) is 0 Å². The predicted molar refractivity (Wildman–Crippen MR) is 65.1 cm³/mol. The van der Waals surface area contributed by atoms with Gasteiger partial charge in [-0.2, -0.15) is 5.10 Å². The van der Waals surface area contributed by atoms with Crippen LogP contribution in [0.2, 0.25) is 0 Å². The van der Waals surface area contributed by atoms with Crippen LogP contribution in [0, 0.1) is 0 Å². The molecule has 0 amide bonds. The van der Waals surface area contributed by atoms with E-state index in [1.54, 1.807) is 12.1 Å². The van der Waals surface area contributed by atoms with Gasteiger partial charge in [0.2, 0.25) is 0 Å². The second kappa shape index (κ2) is 4.49. The number of aromatic hydroxyl groups is 1. The van der Waals surface area contributed by atoms with E-state index >= 15 is 0 Å². The van der Waals surface area contributed by atoms with Gasteiger partial charge in [0.05, 0.1) is 10.2 Å². The molecule has 0 aliphatic rings. The fourth-order valence-corrected chi connectivity index (χ4v) is 1.67. The zero-order valence-corrected chi connectivity index (χ0v) is 9.98. The number of phenols is 1. The summed E-state index contributed by atoms with van der Waals surface area (Å²) in [5.41, 5.74) is 7.43. The van der Waals surface area contributed by atoms with Gasteiger partial charge in [0.15, 0.2) is 5.82 Å². The molecule has 1 aromatic heterocycles. The number of nitrogen functional groups attached to an aromatic ring is 1. The molecule has 0 fully saturated rings. The zero-order valence-electron chi connectivity index (χ0n) is 8.39. The van der Waals surface area contributed by atoms with Gasteiger partial charge in [-0.15, -0.1) is 5.10 Å². The van der Waals surface area contributed by atoms with Crippen LogP contribution in [0.15, 0.2) is 34.8 Å². The van der Waals surface area contributed by atoms with Gasteiger partial charge >= 0.3 is 0 Å². The number of halogens is 1. The van der Waals surface area contributed by atoms with Crippen molar-refractivity contribution in [2.75, 3.05) is 5.73 Å². The van der Waals surface area contributed by atoms with Gasteiger partial charge in [-0.3, -0.25) is 0 Å². The number of rotatable bonds is 2. The molecular weight excluding hydrogens is 270 g/mol. The van der Waals surface area contributed by atoms with Gasteiger partial charge in [0, 0.05) is 6.42 Å². The van der Waals surface area contributed by atoms with E-state index in [1.807, 2.05) is 18.2 Å². The summed E-state index contributed by atoms with van der Waals surface area (Å²) in [6, 6.07) is 8.84. The molecule has 0 aliphatic carbocycles. The summed E-state index contributed by atoms with van der Waals surface area (Å²) in [5, 5.41) is 17.0. The fourth-order valence-electron chi connectivity index (χ4n) is 1.32. The van der Waals surface area contributed by atoms with Gasteiger partial charge in [-0.1, -0.05) is 12.1 Å². The van der Waals surface area contributed by atoms with Crippen molar-refractivity contribution in [3.8, 4) is 5.75 Å². The molecule has 82 valence electrons. The summed E-state index contributed by atoms with van der Waals surface area (Å²) >= 11 is 3.30. The van der Waals surface area contributed by atoms with Crippen LogP contribution in [0.1, 0.15) is 11.3 Å². The minimum Gasteiger partial charge on any atom is -0.508 e. The normalized spacial score (nSPS) is 10.3. The molecule has 0 unspecified atom stereocenters. The molecule has 1 aromatic carbocycles. The van der Waals surface area contributed by atoms with Crippen LogP contribution in [0.25, 0.3) is 0 Å². The van der Waals surface area contributed by atoms with Gasteiger partial charge in [-0.05, 0) is 39.7 Å². The Labute approximate surface area is 101 Å². The smallest absolute Gasteiger partial charge is 0.160 e. The number of benzene rings is 1. The number of phenolic OH excluding ortho intramolecular Hbond substituents is 1. The first-order valence-electron chi connectivity index (χ1n) is 4.70. The largest absolute Gasteiger partial charge is 0.508 e. The van der Waals surface area contributed by atoms with Crippen LogP contribution in [0.4, 0.5) is 5.82 Å². The Morgan fingerprint density at radius 2 is 1.88 bits per heavy atom. The van der Waals surface area contributed by atoms with E-state index in [9.17, 15) is 0 Å². The van der Waals surface area contributed by atoms with Crippen LogP contribution < -0.4 is 5.73 Å². The lowest BCUT2D eigenvalue weighted by Gasteiger charge is -2.02. The van der Waals surface area contributed by atoms with E-state index < -0.39 is 0 Å². The second-order valence-electron chi connectivity index (χ2n) is 3.41. The highest BCUT2D eigenvalue weighted by Gasteiger charge is 2.02. The number of hydrogen-bond donors (Lipinski definition) is 2. The highest BCUT2D eigenvalue weighted by Crippen LogP contribution is 2.18. The lowest BCUT2D eigenvalue weighted by atomic mass is 10.1. The van der Waals surface area contributed by atoms with Gasteiger partial charge in [-0.25, -0.2) is 0 Å². The van der Waals surface area contributed by atoms with Crippen molar-refractivity contribution in [2.45, 2.75) is 6.42 Å². The minimum atomic E-state index is 0.258. The maximum Gasteiger partial charge on any atom is 0.160 e. The van der Waals surface area contributed by atoms with Crippen molar-refractivity contribution in [3.05, 3.63) is 46.1 Å². The summed E-state index contributed by atoms with van der Waals surface area (Å²) in [4.78, 5) is 0. The second-order valence-corrected chi connectivity index (χ2v) is 4.27. The molecule has 2 aromatic rings. The minimum absolute atomic E-state index is 0.258. The summed E-state index contributed by atoms with van der Waals surface area (Å²) in [5.74, 6) is 0.641. The lowest BCUT2D eigenvalue weighted by Crippen LogP contribution is -1.99. The number of nitrogens with two attached hydrogens (primary N) is 1. The topological polar surface area (TPSA) is 72.0 Å². The molecule has 1 heterocycles. The third-order valence-corrected chi connectivity index (χ3v) is 2.78. The van der Waals surface area contributed by atoms with Gasteiger partial charge in [0.1, 0.15) is 5.75 Å². The molecule has 2 rings (SSSR count). The summed E-state index contributed by atoms with van der Waals surface area (Å²) in [6.45, 7) is 0. The van der Waals surface area contributed by atoms with E-state index in [0.717, 1.165) is 15.7 Å². The molecule has 0 bridgehead atoms. The Balaban J connectivity index is 2.20. The van der Waals surface area contributed by atoms with E-state index in [4.69, 9.17) is 10.8 Å². The third-order valence-electron chi connectivity index (χ3n) is 2.15. The molecular formula is C11H10BrN3O. The van der Waals surface area contributed by atoms with E-state index in [-0.39, 0.29) is 5.75 Å². The van der Waals surface area contributed by atoms with Crippen molar-refractivity contribution in [1.82, 2.24) is 10.2 Å². The molecule has 4 nitrogen and oxygen atoms in total. The van der Waals surface area contributed by atoms with E-state index in [0.29, 0.717) is 12.2 Å². The lowest BCUT2D eigenvalue weighted by molar-refractivity contribution is 0.475. The first-order chi connectivity index (χ1) is 7.65. The molecule has 0 saturated heterocycles. The first kappa shape index (κ1) is 10.9. The number of nitrogens with zero attached hydrogens (tertiary/aromatic N) is 2. The summed E-state index contributed by atoms with van der Waals surface area (Å²) in [6.07, 6.45) is 0.659. The quantitative estimate of drug-likeness (QED) is 0.883. The molecule has 0 radical (unpaired) electrons. The van der Waals surface area contributed by atoms with Crippen LogP contribution in [-0.4, -0.2) is 15.3 Å². The third kappa shape index (κ3) is 2.49. The van der Waals surface area contributed by atoms with Crippen LogP contribution in [0.5, 0.6) is 5.75 Å². The van der Waals surface area contributed by atoms with Crippen LogP contribution in [0.3, 0.4) is 0 Å². The Hall–Kier alpha value is -1.62. The van der Waals surface area contributed by atoms with Crippen molar-refractivity contribution in [2.24, 2.45) is 0 Å². The van der Waals surface area contributed by atoms with E-state index in [1.165, 1.54) is 0 Å².